The summed E-state index contributed by atoms with van der Waals surface area (Å²) in [7, 11) is 2.77. The normalized spacial score (nSPS) is 12.1. The van der Waals surface area contributed by atoms with Gasteiger partial charge >= 0.3 is 12.1 Å². The largest absolute Gasteiger partial charge is 0.496 e. The summed E-state index contributed by atoms with van der Waals surface area (Å²) in [6.07, 6.45) is -4.93. The molecule has 0 saturated heterocycles. The minimum atomic E-state index is -4.93. The van der Waals surface area contributed by atoms with Gasteiger partial charge in [0, 0.05) is 21.8 Å². The topological polar surface area (TPSA) is 69.7 Å². The molecule has 1 aromatic carbocycles. The van der Waals surface area contributed by atoms with Gasteiger partial charge in [-0.15, -0.1) is 11.3 Å². The Morgan fingerprint density at radius 2 is 1.80 bits per heavy atom. The van der Waals surface area contributed by atoms with Crippen molar-refractivity contribution >= 4 is 37.0 Å². The van der Waals surface area contributed by atoms with Crippen LogP contribution in [0.1, 0.15) is 14.5 Å². The molecule has 1 heterocycles. The molecule has 0 aliphatic heterocycles. The molecule has 0 spiro atoms. The van der Waals surface area contributed by atoms with E-state index >= 15 is 0 Å². The number of hydrogen-bond acceptors (Lipinski definition) is 6. The standard InChI is InChI=1S/C14H10ClF3O5S2/c1-22-8-6-4-3-5-7(8)9-11(25(15,20)21)10(13(19)23-2)24-12(9)14(16,17)18/h3-6H,1-2H3. The molecule has 0 aliphatic rings. The number of rotatable bonds is 4. The van der Waals surface area contributed by atoms with Crippen molar-refractivity contribution in [2.45, 2.75) is 11.1 Å². The molecule has 0 aliphatic carbocycles. The molecule has 1 aromatic heterocycles. The zero-order chi connectivity index (χ0) is 19.0. The summed E-state index contributed by atoms with van der Waals surface area (Å²) in [6, 6.07) is 5.49. The molecule has 0 unspecified atom stereocenters. The van der Waals surface area contributed by atoms with E-state index in [4.69, 9.17) is 15.4 Å². The van der Waals surface area contributed by atoms with E-state index in [2.05, 4.69) is 4.74 Å². The third-order valence-electron chi connectivity index (χ3n) is 3.11. The van der Waals surface area contributed by atoms with Crippen LogP contribution >= 0.6 is 22.0 Å². The second kappa shape index (κ2) is 6.85. The Kier molecular flexibility index (Phi) is 5.35. The molecule has 136 valence electrons. The number of halogens is 4. The number of carbonyl (C=O) groups excluding carboxylic acids is 1. The minimum Gasteiger partial charge on any atom is -0.496 e. The Morgan fingerprint density at radius 1 is 1.20 bits per heavy atom. The average molecular weight is 415 g/mol. The quantitative estimate of drug-likeness (QED) is 0.555. The van der Waals surface area contributed by atoms with Gasteiger partial charge in [0.05, 0.1) is 14.2 Å². The number of esters is 1. The van der Waals surface area contributed by atoms with Crippen molar-refractivity contribution in [3.8, 4) is 16.9 Å². The fraction of sp³-hybridized carbons (Fsp3) is 0.214. The number of benzene rings is 1. The molecule has 25 heavy (non-hydrogen) atoms. The monoisotopic (exact) mass is 414 g/mol. The Bertz CT molecular complexity index is 919. The van der Waals surface area contributed by atoms with Gasteiger partial charge in [-0.3, -0.25) is 0 Å². The van der Waals surface area contributed by atoms with Gasteiger partial charge in [0.2, 0.25) is 0 Å². The lowest BCUT2D eigenvalue weighted by Gasteiger charge is -2.12. The maximum absolute atomic E-state index is 13.5. The number of hydrogen-bond donors (Lipinski definition) is 0. The molecule has 0 amide bonds. The zero-order valence-corrected chi connectivity index (χ0v) is 15.1. The SMILES string of the molecule is COC(=O)c1sc(C(F)(F)F)c(-c2ccccc2OC)c1S(=O)(=O)Cl. The van der Waals surface area contributed by atoms with E-state index in [0.29, 0.717) is 0 Å². The first kappa shape index (κ1) is 19.5. The van der Waals surface area contributed by atoms with Crippen LogP contribution in [-0.4, -0.2) is 28.6 Å². The van der Waals surface area contributed by atoms with Crippen LogP contribution in [0.4, 0.5) is 13.2 Å². The number of carbonyl (C=O) groups is 1. The molecule has 2 rings (SSSR count). The first-order chi connectivity index (χ1) is 11.5. The summed E-state index contributed by atoms with van der Waals surface area (Å²) in [5.41, 5.74) is -0.909. The Labute approximate surface area is 149 Å². The van der Waals surface area contributed by atoms with Crippen LogP contribution in [-0.2, 0) is 20.0 Å². The van der Waals surface area contributed by atoms with Crippen molar-refractivity contribution in [2.75, 3.05) is 14.2 Å². The highest BCUT2D eigenvalue weighted by Crippen LogP contribution is 2.50. The predicted octanol–water partition coefficient (Wildman–Crippen LogP) is 4.16. The molecule has 0 atom stereocenters. The lowest BCUT2D eigenvalue weighted by Crippen LogP contribution is -2.07. The van der Waals surface area contributed by atoms with Crippen molar-refractivity contribution in [3.05, 3.63) is 34.0 Å². The van der Waals surface area contributed by atoms with E-state index in [1.165, 1.54) is 31.4 Å². The molecule has 0 radical (unpaired) electrons. The summed E-state index contributed by atoms with van der Waals surface area (Å²) < 4.78 is 73.8. The summed E-state index contributed by atoms with van der Waals surface area (Å²) >= 11 is -0.0521. The number of alkyl halides is 3. The first-order valence-electron chi connectivity index (χ1n) is 6.42. The molecule has 2 aromatic rings. The number of methoxy groups -OCH3 is 2. The molecule has 0 bridgehead atoms. The number of ether oxygens (including phenoxy) is 2. The van der Waals surface area contributed by atoms with Crippen molar-refractivity contribution in [1.82, 2.24) is 0 Å². The Morgan fingerprint density at radius 3 is 2.28 bits per heavy atom. The highest BCUT2D eigenvalue weighted by molar-refractivity contribution is 8.14. The average Bonchev–Trinajstić information content (AvgIpc) is 2.94. The number of thiophene rings is 1. The zero-order valence-electron chi connectivity index (χ0n) is 12.7. The second-order valence-corrected chi connectivity index (χ2v) is 8.12. The molecular weight excluding hydrogens is 405 g/mol. The van der Waals surface area contributed by atoms with Crippen LogP contribution in [0, 0.1) is 0 Å². The van der Waals surface area contributed by atoms with Gasteiger partial charge in [0.15, 0.2) is 0 Å². The summed E-state index contributed by atoms with van der Waals surface area (Å²) in [5, 5.41) is 0. The van der Waals surface area contributed by atoms with Gasteiger partial charge in [-0.05, 0) is 6.07 Å². The van der Waals surface area contributed by atoms with Gasteiger partial charge in [0.1, 0.15) is 20.4 Å². The van der Waals surface area contributed by atoms with Crippen LogP contribution in [0.15, 0.2) is 29.2 Å². The second-order valence-electron chi connectivity index (χ2n) is 4.59. The lowest BCUT2D eigenvalue weighted by molar-refractivity contribution is -0.133. The Balaban J connectivity index is 3.03. The van der Waals surface area contributed by atoms with E-state index in [9.17, 15) is 26.4 Å². The van der Waals surface area contributed by atoms with Gasteiger partial charge in [-0.25, -0.2) is 13.2 Å². The highest BCUT2D eigenvalue weighted by Gasteiger charge is 2.43. The summed E-state index contributed by atoms with van der Waals surface area (Å²) in [6.45, 7) is 0. The van der Waals surface area contributed by atoms with E-state index in [-0.39, 0.29) is 22.6 Å². The van der Waals surface area contributed by atoms with E-state index in [0.717, 1.165) is 7.11 Å². The van der Waals surface area contributed by atoms with E-state index < -0.39 is 41.4 Å². The first-order valence-corrected chi connectivity index (χ1v) is 9.55. The van der Waals surface area contributed by atoms with Crippen LogP contribution in [0.5, 0.6) is 5.75 Å². The Hall–Kier alpha value is -1.78. The van der Waals surface area contributed by atoms with Crippen LogP contribution < -0.4 is 4.74 Å². The van der Waals surface area contributed by atoms with Crippen LogP contribution in [0.3, 0.4) is 0 Å². The lowest BCUT2D eigenvalue weighted by atomic mass is 10.0. The van der Waals surface area contributed by atoms with Crippen LogP contribution in [0.25, 0.3) is 11.1 Å². The molecule has 11 heteroatoms. The molecule has 0 saturated carbocycles. The van der Waals surface area contributed by atoms with E-state index in [1.807, 2.05) is 0 Å². The highest BCUT2D eigenvalue weighted by atomic mass is 35.7. The summed E-state index contributed by atoms with van der Waals surface area (Å²) in [5.74, 6) is -1.25. The van der Waals surface area contributed by atoms with Gasteiger partial charge in [0.25, 0.3) is 9.05 Å². The maximum atomic E-state index is 13.5. The van der Waals surface area contributed by atoms with E-state index in [1.54, 1.807) is 0 Å². The smallest absolute Gasteiger partial charge is 0.426 e. The fourth-order valence-electron chi connectivity index (χ4n) is 2.17. The maximum Gasteiger partial charge on any atom is 0.426 e. The molecule has 5 nitrogen and oxygen atoms in total. The minimum absolute atomic E-state index is 0.0104. The third-order valence-corrected chi connectivity index (χ3v) is 5.82. The fourth-order valence-corrected chi connectivity index (χ4v) is 5.05. The molecular formula is C14H10ClF3O5S2. The molecule has 0 N–H and O–H groups in total. The predicted molar refractivity (Wildman–Crippen MR) is 85.7 cm³/mol. The number of para-hydroxylation sites is 1. The van der Waals surface area contributed by atoms with Crippen molar-refractivity contribution in [3.63, 3.8) is 0 Å². The molecule has 0 fully saturated rings. The summed E-state index contributed by atoms with van der Waals surface area (Å²) in [4.78, 5) is 8.82. The van der Waals surface area contributed by atoms with Crippen molar-refractivity contribution < 1.29 is 35.9 Å². The van der Waals surface area contributed by atoms with Crippen molar-refractivity contribution in [1.29, 1.82) is 0 Å². The van der Waals surface area contributed by atoms with Crippen molar-refractivity contribution in [2.24, 2.45) is 0 Å². The third kappa shape index (κ3) is 3.75. The van der Waals surface area contributed by atoms with Gasteiger partial charge < -0.3 is 9.47 Å². The van der Waals surface area contributed by atoms with Gasteiger partial charge in [-0.1, -0.05) is 18.2 Å². The van der Waals surface area contributed by atoms with Gasteiger partial charge in [-0.2, -0.15) is 13.2 Å². The van der Waals surface area contributed by atoms with Crippen LogP contribution in [0.2, 0.25) is 0 Å².